The Labute approximate surface area is 124 Å². The van der Waals surface area contributed by atoms with E-state index in [9.17, 15) is 21.6 Å². The van der Waals surface area contributed by atoms with Gasteiger partial charge in [0, 0.05) is 19.3 Å². The van der Waals surface area contributed by atoms with Gasteiger partial charge in [0.2, 0.25) is 0 Å². The van der Waals surface area contributed by atoms with Crippen LogP contribution in [0.5, 0.6) is 0 Å². The fourth-order valence-corrected chi connectivity index (χ4v) is 3.46. The molecule has 0 aliphatic carbocycles. The number of nitrogens with zero attached hydrogens (tertiary/aromatic N) is 4. The highest BCUT2D eigenvalue weighted by Crippen LogP contribution is 2.22. The molecular weight excluding hydrogens is 323 g/mol. The van der Waals surface area contributed by atoms with Crippen LogP contribution in [0.25, 0.3) is 0 Å². The zero-order chi connectivity index (χ0) is 16.7. The number of anilines is 1. The molecule has 0 bridgehead atoms. The van der Waals surface area contributed by atoms with E-state index < -0.39 is 22.7 Å². The molecule has 1 N–H and O–H groups in total. The number of rotatable bonds is 4. The van der Waals surface area contributed by atoms with Gasteiger partial charge in [0.1, 0.15) is 11.4 Å². The van der Waals surface area contributed by atoms with Gasteiger partial charge in [-0.25, -0.2) is 8.42 Å². The summed E-state index contributed by atoms with van der Waals surface area (Å²) in [5, 5.41) is 7.55. The molecule has 0 saturated carbocycles. The highest BCUT2D eigenvalue weighted by atomic mass is 32.2. The Morgan fingerprint density at radius 2 is 1.91 bits per heavy atom. The molecule has 0 saturated heterocycles. The van der Waals surface area contributed by atoms with Gasteiger partial charge in [0.25, 0.3) is 10.0 Å². The minimum atomic E-state index is -4.43. The number of halogens is 3. The molecule has 0 spiro atoms. The standard InChI is InChI=1S/C11H14F3N5O2S/c1-7-10(8(2)18(3)15-7)22(20,21)17-9-4-5-19(16-9)6-11(12,13)14/h4-5H,6H2,1-3H3,(H,16,17). The summed E-state index contributed by atoms with van der Waals surface area (Å²) in [6, 6.07) is 1.16. The molecule has 2 aromatic heterocycles. The van der Waals surface area contributed by atoms with Crippen LogP contribution in [-0.4, -0.2) is 34.2 Å². The Morgan fingerprint density at radius 1 is 1.27 bits per heavy atom. The van der Waals surface area contributed by atoms with Gasteiger partial charge in [-0.1, -0.05) is 0 Å². The van der Waals surface area contributed by atoms with Crippen molar-refractivity contribution < 1.29 is 21.6 Å². The van der Waals surface area contributed by atoms with E-state index in [2.05, 4.69) is 14.9 Å². The second-order valence-electron chi connectivity index (χ2n) is 4.74. The largest absolute Gasteiger partial charge is 0.408 e. The van der Waals surface area contributed by atoms with Crippen molar-refractivity contribution in [2.75, 3.05) is 4.72 Å². The van der Waals surface area contributed by atoms with Gasteiger partial charge in [-0.3, -0.25) is 14.1 Å². The number of aromatic nitrogens is 4. The topological polar surface area (TPSA) is 81.8 Å². The average Bonchev–Trinajstić information content (AvgIpc) is 2.82. The van der Waals surface area contributed by atoms with Crippen LogP contribution in [0.4, 0.5) is 19.0 Å². The van der Waals surface area contributed by atoms with Crippen molar-refractivity contribution in [3.05, 3.63) is 23.7 Å². The Hall–Kier alpha value is -2.04. The zero-order valence-electron chi connectivity index (χ0n) is 12.0. The van der Waals surface area contributed by atoms with Crippen LogP contribution < -0.4 is 4.72 Å². The molecule has 0 fully saturated rings. The smallest absolute Gasteiger partial charge is 0.271 e. The number of aryl methyl sites for hydroxylation is 2. The van der Waals surface area contributed by atoms with Gasteiger partial charge in [-0.2, -0.15) is 23.4 Å². The number of hydrogen-bond acceptors (Lipinski definition) is 4. The molecule has 0 aliphatic rings. The third-order valence-corrected chi connectivity index (χ3v) is 4.54. The summed E-state index contributed by atoms with van der Waals surface area (Å²) in [4.78, 5) is -0.0135. The number of hydrogen-bond donors (Lipinski definition) is 1. The minimum absolute atomic E-state index is 0.0135. The van der Waals surface area contributed by atoms with E-state index in [1.807, 2.05) is 0 Å². The molecule has 0 amide bonds. The molecule has 0 aliphatic heterocycles. The summed E-state index contributed by atoms with van der Waals surface area (Å²) in [5.41, 5.74) is 0.710. The first-order valence-corrected chi connectivity index (χ1v) is 7.61. The van der Waals surface area contributed by atoms with Gasteiger partial charge in [0.05, 0.1) is 11.4 Å². The lowest BCUT2D eigenvalue weighted by atomic mass is 10.4. The molecule has 22 heavy (non-hydrogen) atoms. The second-order valence-corrected chi connectivity index (χ2v) is 6.36. The fraction of sp³-hybridized carbons (Fsp3) is 0.455. The highest BCUT2D eigenvalue weighted by Gasteiger charge is 2.29. The van der Waals surface area contributed by atoms with Gasteiger partial charge in [-0.15, -0.1) is 0 Å². The Kier molecular flexibility index (Phi) is 3.94. The van der Waals surface area contributed by atoms with Crippen LogP contribution in [0.15, 0.2) is 17.2 Å². The lowest BCUT2D eigenvalue weighted by Gasteiger charge is -2.07. The molecular formula is C11H14F3N5O2S. The summed E-state index contributed by atoms with van der Waals surface area (Å²) in [6.45, 7) is 1.82. The van der Waals surface area contributed by atoms with E-state index in [1.54, 1.807) is 14.0 Å². The minimum Gasteiger partial charge on any atom is -0.271 e. The maximum Gasteiger partial charge on any atom is 0.408 e. The SMILES string of the molecule is Cc1nn(C)c(C)c1S(=O)(=O)Nc1ccn(CC(F)(F)F)n1. The average molecular weight is 337 g/mol. The Balaban J connectivity index is 2.26. The van der Waals surface area contributed by atoms with Crippen LogP contribution in [0.3, 0.4) is 0 Å². The Morgan fingerprint density at radius 3 is 2.41 bits per heavy atom. The number of sulfonamides is 1. The van der Waals surface area contributed by atoms with E-state index in [-0.39, 0.29) is 10.7 Å². The van der Waals surface area contributed by atoms with Crippen LogP contribution in [-0.2, 0) is 23.6 Å². The summed E-state index contributed by atoms with van der Waals surface area (Å²) in [6.07, 6.45) is -3.38. The Bertz CT molecular complexity index is 791. The first kappa shape index (κ1) is 16.3. The maximum absolute atomic E-state index is 12.3. The second kappa shape index (κ2) is 5.30. The van der Waals surface area contributed by atoms with Crippen molar-refractivity contribution in [3.63, 3.8) is 0 Å². The third-order valence-electron chi connectivity index (χ3n) is 2.93. The van der Waals surface area contributed by atoms with Crippen molar-refractivity contribution in [3.8, 4) is 0 Å². The van der Waals surface area contributed by atoms with Crippen molar-refractivity contribution in [1.29, 1.82) is 0 Å². The fourth-order valence-electron chi connectivity index (χ4n) is 2.02. The molecule has 0 aromatic carbocycles. The molecule has 0 atom stereocenters. The van der Waals surface area contributed by atoms with E-state index >= 15 is 0 Å². The third kappa shape index (κ3) is 3.40. The lowest BCUT2D eigenvalue weighted by molar-refractivity contribution is -0.142. The molecule has 2 rings (SSSR count). The van der Waals surface area contributed by atoms with Crippen molar-refractivity contribution in [2.45, 2.75) is 31.5 Å². The summed E-state index contributed by atoms with van der Waals surface area (Å²) < 4.78 is 65.6. The summed E-state index contributed by atoms with van der Waals surface area (Å²) in [5.74, 6) is -0.188. The first-order valence-electron chi connectivity index (χ1n) is 6.13. The van der Waals surface area contributed by atoms with Crippen molar-refractivity contribution in [1.82, 2.24) is 19.6 Å². The van der Waals surface area contributed by atoms with Crippen LogP contribution >= 0.6 is 0 Å². The predicted molar refractivity (Wildman–Crippen MR) is 71.8 cm³/mol. The van der Waals surface area contributed by atoms with E-state index in [1.165, 1.54) is 11.6 Å². The molecule has 0 unspecified atom stereocenters. The predicted octanol–water partition coefficient (Wildman–Crippen LogP) is 1.60. The molecule has 122 valence electrons. The quantitative estimate of drug-likeness (QED) is 0.919. The van der Waals surface area contributed by atoms with Crippen molar-refractivity contribution in [2.24, 2.45) is 7.05 Å². The lowest BCUT2D eigenvalue weighted by Crippen LogP contribution is -2.19. The number of alkyl halides is 3. The first-order chi connectivity index (χ1) is 9.99. The van der Waals surface area contributed by atoms with Crippen molar-refractivity contribution >= 4 is 15.8 Å². The van der Waals surface area contributed by atoms with Gasteiger partial charge in [-0.05, 0) is 13.8 Å². The van der Waals surface area contributed by atoms with Crippen LogP contribution in [0.2, 0.25) is 0 Å². The van der Waals surface area contributed by atoms with Gasteiger partial charge < -0.3 is 0 Å². The van der Waals surface area contributed by atoms with E-state index in [4.69, 9.17) is 0 Å². The normalized spacial score (nSPS) is 12.6. The van der Waals surface area contributed by atoms with Crippen LogP contribution in [0.1, 0.15) is 11.4 Å². The summed E-state index contributed by atoms with van der Waals surface area (Å²) in [7, 11) is -2.38. The van der Waals surface area contributed by atoms with Gasteiger partial charge >= 0.3 is 6.18 Å². The summed E-state index contributed by atoms with van der Waals surface area (Å²) >= 11 is 0. The van der Waals surface area contributed by atoms with Crippen LogP contribution in [0, 0.1) is 13.8 Å². The molecule has 7 nitrogen and oxygen atoms in total. The maximum atomic E-state index is 12.3. The highest BCUT2D eigenvalue weighted by molar-refractivity contribution is 7.92. The zero-order valence-corrected chi connectivity index (χ0v) is 12.8. The monoisotopic (exact) mass is 337 g/mol. The van der Waals surface area contributed by atoms with E-state index in [0.29, 0.717) is 16.1 Å². The van der Waals surface area contributed by atoms with Gasteiger partial charge in [0.15, 0.2) is 5.82 Å². The molecule has 11 heteroatoms. The molecule has 0 radical (unpaired) electrons. The molecule has 2 aromatic rings. The van der Waals surface area contributed by atoms with E-state index in [0.717, 1.165) is 12.3 Å². The number of nitrogens with one attached hydrogen (secondary N) is 1. The molecule has 2 heterocycles.